The molecule has 0 spiro atoms. The number of thiazole rings is 1. The van der Waals surface area contributed by atoms with E-state index >= 15 is 0 Å². The topological polar surface area (TPSA) is 89.0 Å². The van der Waals surface area contributed by atoms with Gasteiger partial charge in [0.15, 0.2) is 5.13 Å². The lowest BCUT2D eigenvalue weighted by Crippen LogP contribution is -2.29. The Kier molecular flexibility index (Phi) is 6.91. The first-order valence-electron chi connectivity index (χ1n) is 12.7. The van der Waals surface area contributed by atoms with Crippen LogP contribution in [0.15, 0.2) is 72.3 Å². The van der Waals surface area contributed by atoms with E-state index in [1.165, 1.54) is 16.2 Å². The van der Waals surface area contributed by atoms with E-state index in [0.29, 0.717) is 39.9 Å². The van der Waals surface area contributed by atoms with Crippen molar-refractivity contribution in [2.45, 2.75) is 39.2 Å². The van der Waals surface area contributed by atoms with E-state index in [2.05, 4.69) is 20.8 Å². The van der Waals surface area contributed by atoms with Gasteiger partial charge in [-0.25, -0.2) is 4.98 Å². The number of nitrogens with zero attached hydrogens (tertiary/aromatic N) is 2. The highest BCUT2D eigenvalue weighted by molar-refractivity contribution is 7.22. The third-order valence-corrected chi connectivity index (χ3v) is 7.78. The van der Waals surface area contributed by atoms with Crippen LogP contribution >= 0.6 is 11.3 Å². The maximum atomic E-state index is 13.6. The van der Waals surface area contributed by atoms with E-state index in [0.717, 1.165) is 10.3 Å². The number of benzene rings is 3. The second-order valence-electron chi connectivity index (χ2n) is 10.3. The van der Waals surface area contributed by atoms with Gasteiger partial charge in [-0.1, -0.05) is 56.4 Å². The van der Waals surface area contributed by atoms with Gasteiger partial charge < -0.3 is 14.6 Å². The van der Waals surface area contributed by atoms with Crippen molar-refractivity contribution in [1.29, 1.82) is 0 Å². The molecule has 0 saturated carbocycles. The Labute approximate surface area is 231 Å². The van der Waals surface area contributed by atoms with Crippen molar-refractivity contribution in [1.82, 2.24) is 4.98 Å². The first-order chi connectivity index (χ1) is 18.6. The number of hydrogen-bond donors (Lipinski definition) is 1. The first-order valence-corrected chi connectivity index (χ1v) is 13.5. The molecule has 1 aliphatic heterocycles. The van der Waals surface area contributed by atoms with Crippen molar-refractivity contribution < 1.29 is 24.2 Å². The summed E-state index contributed by atoms with van der Waals surface area (Å²) in [6.07, 6.45) is 0. The average molecular weight is 543 g/mol. The molecule has 0 unspecified atom stereocenters. The fourth-order valence-corrected chi connectivity index (χ4v) is 5.69. The predicted molar refractivity (Wildman–Crippen MR) is 154 cm³/mol. The molecule has 1 saturated heterocycles. The number of aromatic nitrogens is 1. The summed E-state index contributed by atoms with van der Waals surface area (Å²) in [5.74, 6) is -0.428. The van der Waals surface area contributed by atoms with Crippen LogP contribution in [0.1, 0.15) is 50.4 Å². The highest BCUT2D eigenvalue weighted by Gasteiger charge is 2.48. The Morgan fingerprint density at radius 3 is 2.28 bits per heavy atom. The van der Waals surface area contributed by atoms with Gasteiger partial charge in [0.2, 0.25) is 0 Å². The van der Waals surface area contributed by atoms with Gasteiger partial charge in [-0.05, 0) is 65.9 Å². The molecule has 3 aromatic carbocycles. The predicted octanol–water partition coefficient (Wildman–Crippen LogP) is 6.63. The zero-order chi connectivity index (χ0) is 27.9. The molecule has 2 heterocycles. The largest absolute Gasteiger partial charge is 0.507 e. The molecule has 1 N–H and O–H groups in total. The van der Waals surface area contributed by atoms with Crippen LogP contribution in [0.3, 0.4) is 0 Å². The van der Waals surface area contributed by atoms with Crippen molar-refractivity contribution in [3.8, 4) is 11.5 Å². The van der Waals surface area contributed by atoms with Crippen molar-refractivity contribution >= 4 is 44.1 Å². The molecule has 5 rings (SSSR count). The van der Waals surface area contributed by atoms with Crippen LogP contribution < -0.4 is 14.4 Å². The molecule has 8 heteroatoms. The number of rotatable bonds is 6. The van der Waals surface area contributed by atoms with Crippen molar-refractivity contribution in [2.24, 2.45) is 0 Å². The SMILES string of the molecule is CCOc1ccc2nc(N3C(=O)C(=O)C(=C(O)c4ccc(OC)cc4)[C@@H]3c3ccc(C(C)(C)C)cc3)sc2c1. The Morgan fingerprint density at radius 1 is 1.00 bits per heavy atom. The summed E-state index contributed by atoms with van der Waals surface area (Å²) in [6.45, 7) is 8.80. The summed E-state index contributed by atoms with van der Waals surface area (Å²) in [5, 5.41) is 11.8. The third kappa shape index (κ3) is 4.88. The minimum Gasteiger partial charge on any atom is -0.507 e. The molecule has 0 aliphatic carbocycles. The lowest BCUT2D eigenvalue weighted by Gasteiger charge is -2.24. The van der Waals surface area contributed by atoms with Crippen LogP contribution in [0.4, 0.5) is 5.13 Å². The number of ketones is 1. The van der Waals surface area contributed by atoms with E-state index in [4.69, 9.17) is 14.5 Å². The number of methoxy groups -OCH3 is 1. The number of fused-ring (bicyclic) bond motifs is 1. The van der Waals surface area contributed by atoms with Gasteiger partial charge in [0.05, 0.1) is 35.5 Å². The maximum absolute atomic E-state index is 13.6. The van der Waals surface area contributed by atoms with Gasteiger partial charge in [0, 0.05) is 5.56 Å². The normalized spacial score (nSPS) is 17.2. The van der Waals surface area contributed by atoms with Crippen LogP contribution in [-0.4, -0.2) is 35.5 Å². The highest BCUT2D eigenvalue weighted by atomic mass is 32.1. The number of carbonyl (C=O) groups excluding carboxylic acids is 2. The molecular weight excluding hydrogens is 512 g/mol. The van der Waals surface area contributed by atoms with Crippen molar-refractivity contribution in [2.75, 3.05) is 18.6 Å². The minimum absolute atomic E-state index is 0.0166. The van der Waals surface area contributed by atoms with E-state index in [9.17, 15) is 14.7 Å². The van der Waals surface area contributed by atoms with Gasteiger partial charge in [-0.3, -0.25) is 14.5 Å². The number of carbonyl (C=O) groups is 2. The molecule has 39 heavy (non-hydrogen) atoms. The summed E-state index contributed by atoms with van der Waals surface area (Å²) < 4.78 is 11.7. The minimum atomic E-state index is -0.854. The summed E-state index contributed by atoms with van der Waals surface area (Å²) in [7, 11) is 1.55. The number of anilines is 1. The molecule has 1 amide bonds. The molecule has 200 valence electrons. The molecule has 0 bridgehead atoms. The molecule has 7 nitrogen and oxygen atoms in total. The highest BCUT2D eigenvalue weighted by Crippen LogP contribution is 2.45. The Bertz CT molecular complexity index is 1580. The lowest BCUT2D eigenvalue weighted by molar-refractivity contribution is -0.132. The zero-order valence-corrected chi connectivity index (χ0v) is 23.3. The van der Waals surface area contributed by atoms with E-state index in [1.54, 1.807) is 31.4 Å². The zero-order valence-electron chi connectivity index (χ0n) is 22.5. The monoisotopic (exact) mass is 542 g/mol. The number of ether oxygens (including phenoxy) is 2. The Balaban J connectivity index is 1.68. The smallest absolute Gasteiger partial charge is 0.301 e. The standard InChI is InChI=1S/C31H30N2O5S/c1-6-38-22-15-16-23-24(17-22)39-30(32-23)33-26(18-7-11-20(12-8-18)31(2,3)4)25(28(35)29(33)36)27(34)19-9-13-21(37-5)14-10-19/h7-17,26,34H,6H2,1-5H3/t26-/m0/s1. The lowest BCUT2D eigenvalue weighted by atomic mass is 9.85. The Morgan fingerprint density at radius 2 is 1.67 bits per heavy atom. The van der Waals surface area contributed by atoms with Gasteiger partial charge in [0.25, 0.3) is 5.78 Å². The molecule has 0 radical (unpaired) electrons. The van der Waals surface area contributed by atoms with E-state index in [-0.39, 0.29) is 16.7 Å². The van der Waals surface area contributed by atoms with Crippen LogP contribution in [0.5, 0.6) is 11.5 Å². The summed E-state index contributed by atoms with van der Waals surface area (Å²) in [5.41, 5.74) is 2.86. The average Bonchev–Trinajstić information content (AvgIpc) is 3.45. The fourth-order valence-electron chi connectivity index (χ4n) is 4.67. The van der Waals surface area contributed by atoms with Crippen LogP contribution in [-0.2, 0) is 15.0 Å². The molecule has 1 aliphatic rings. The maximum Gasteiger partial charge on any atom is 0.301 e. The van der Waals surface area contributed by atoms with Gasteiger partial charge in [-0.2, -0.15) is 0 Å². The fraction of sp³-hybridized carbons (Fsp3) is 0.258. The molecule has 4 aromatic rings. The van der Waals surface area contributed by atoms with Crippen molar-refractivity contribution in [3.05, 3.63) is 89.0 Å². The van der Waals surface area contributed by atoms with E-state index < -0.39 is 17.7 Å². The van der Waals surface area contributed by atoms with E-state index in [1.807, 2.05) is 49.4 Å². The number of hydrogen-bond acceptors (Lipinski definition) is 7. The Hall–Kier alpha value is -4.17. The van der Waals surface area contributed by atoms with Gasteiger partial charge in [-0.15, -0.1) is 0 Å². The number of aliphatic hydroxyl groups is 1. The number of Topliss-reactive ketones (excluding diaryl/α,β-unsaturated/α-hetero) is 1. The summed E-state index contributed by atoms with van der Waals surface area (Å²) in [4.78, 5) is 33.2. The molecule has 1 atom stereocenters. The van der Waals surface area contributed by atoms with Gasteiger partial charge >= 0.3 is 5.91 Å². The van der Waals surface area contributed by atoms with Crippen LogP contribution in [0.2, 0.25) is 0 Å². The summed E-state index contributed by atoms with van der Waals surface area (Å²) >= 11 is 1.30. The molecular formula is C31H30N2O5S. The third-order valence-electron chi connectivity index (χ3n) is 6.77. The van der Waals surface area contributed by atoms with Crippen LogP contribution in [0.25, 0.3) is 16.0 Å². The van der Waals surface area contributed by atoms with Crippen molar-refractivity contribution in [3.63, 3.8) is 0 Å². The number of aliphatic hydroxyl groups excluding tert-OH is 1. The second-order valence-corrected chi connectivity index (χ2v) is 11.3. The number of amides is 1. The summed E-state index contributed by atoms with van der Waals surface area (Å²) in [6, 6.07) is 19.2. The van der Waals surface area contributed by atoms with Gasteiger partial charge in [0.1, 0.15) is 17.3 Å². The second kappa shape index (κ2) is 10.2. The molecule has 1 aromatic heterocycles. The van der Waals surface area contributed by atoms with Crippen LogP contribution in [0, 0.1) is 0 Å². The first kappa shape index (κ1) is 26.4. The molecule has 1 fully saturated rings. The quantitative estimate of drug-likeness (QED) is 0.167.